The Morgan fingerprint density at radius 2 is 0.700 bits per heavy atom. The Labute approximate surface area is 308 Å². The van der Waals surface area contributed by atoms with E-state index in [9.17, 15) is 0 Å². The molecule has 0 aliphatic heterocycles. The Balaban J connectivity index is 2.14. The third kappa shape index (κ3) is 8.36. The first kappa shape index (κ1) is 40.1. The Morgan fingerprint density at radius 3 is 1.04 bits per heavy atom. The quantitative estimate of drug-likeness (QED) is 0.0666. The Hall–Kier alpha value is -2.64. The van der Waals surface area contributed by atoms with Crippen molar-refractivity contribution < 1.29 is 13.3 Å². The summed E-state index contributed by atoms with van der Waals surface area (Å²) in [6.07, 6.45) is 0.843. The minimum atomic E-state index is -2.20. The summed E-state index contributed by atoms with van der Waals surface area (Å²) >= 11 is 0. The summed E-state index contributed by atoms with van der Waals surface area (Å²) < 4.78 is 22.6. The first-order valence-corrected chi connectivity index (χ1v) is 29.1. The smallest absolute Gasteiger partial charge is 0.250 e. The van der Waals surface area contributed by atoms with E-state index in [2.05, 4.69) is 165 Å². The maximum Gasteiger partial charge on any atom is 0.250 e. The van der Waals surface area contributed by atoms with Gasteiger partial charge in [-0.3, -0.25) is 0 Å². The molecule has 0 amide bonds. The van der Waals surface area contributed by atoms with Gasteiger partial charge in [-0.1, -0.05) is 117 Å². The van der Waals surface area contributed by atoms with Crippen LogP contribution in [-0.2, 0) is 6.16 Å². The van der Waals surface area contributed by atoms with Crippen molar-refractivity contribution in [3.8, 4) is 17.2 Å². The van der Waals surface area contributed by atoms with Crippen LogP contribution in [-0.4, -0.2) is 25.0 Å². The lowest BCUT2D eigenvalue weighted by Gasteiger charge is -2.38. The molecule has 0 fully saturated rings. The second-order valence-corrected chi connectivity index (χ2v) is 31.5. The molecule has 0 heterocycles. The van der Waals surface area contributed by atoms with Gasteiger partial charge < -0.3 is 13.3 Å². The Morgan fingerprint density at radius 1 is 0.380 bits per heavy atom. The average Bonchev–Trinajstić information content (AvgIpc) is 3.19. The first-order chi connectivity index (χ1) is 24.2. The minimum Gasteiger partial charge on any atom is -0.541 e. The van der Waals surface area contributed by atoms with Crippen LogP contribution in [0.15, 0.2) is 103 Å². The van der Waals surface area contributed by atoms with Gasteiger partial charge in [-0.2, -0.15) is 0 Å². The van der Waals surface area contributed by atoms with E-state index in [1.165, 1.54) is 21.5 Å². The summed E-state index contributed by atoms with van der Waals surface area (Å²) in [6, 6.07) is 48.0. The monoisotopic (exact) mass is 743 g/mol. The summed E-state index contributed by atoms with van der Waals surface area (Å²) in [5.74, 6) is 2.80. The molecule has 0 radical (unpaired) electrons. The van der Waals surface area contributed by atoms with Crippen molar-refractivity contribution in [2.45, 2.75) is 123 Å². The number of benzene rings is 4. The fourth-order valence-corrected chi connectivity index (χ4v) is 19.5. The molecular weight excluding hydrogens is 680 g/mol. The van der Waals surface area contributed by atoms with Gasteiger partial charge in [-0.05, 0) is 103 Å². The number of hydrogen-bond acceptors (Lipinski definition) is 3. The van der Waals surface area contributed by atoms with E-state index in [0.717, 1.165) is 77.8 Å². The topological polar surface area (TPSA) is 27.7 Å². The zero-order valence-corrected chi connectivity index (χ0v) is 36.5. The summed E-state index contributed by atoms with van der Waals surface area (Å²) in [5.41, 5.74) is 1.24. The molecule has 0 spiro atoms. The maximum absolute atomic E-state index is 7.69. The molecule has 0 aliphatic carbocycles. The highest BCUT2D eigenvalue weighted by Gasteiger charge is 2.48. The molecule has 0 aliphatic rings. The van der Waals surface area contributed by atoms with E-state index in [1.54, 1.807) is 0 Å². The molecule has 270 valence electrons. The van der Waals surface area contributed by atoms with Crippen LogP contribution in [0.4, 0.5) is 0 Å². The summed E-state index contributed by atoms with van der Waals surface area (Å²) in [7, 11) is -8.49. The zero-order valence-electron chi connectivity index (χ0n) is 32.6. The van der Waals surface area contributed by atoms with Gasteiger partial charge in [0.25, 0.3) is 25.0 Å². The van der Waals surface area contributed by atoms with Crippen LogP contribution in [0.5, 0.6) is 17.2 Å². The van der Waals surface area contributed by atoms with Crippen molar-refractivity contribution >= 4 is 48.1 Å². The van der Waals surface area contributed by atoms with E-state index in [-0.39, 0.29) is 0 Å². The van der Waals surface area contributed by atoms with Gasteiger partial charge in [0, 0.05) is 5.56 Å². The molecule has 0 N–H and O–H groups in total. The molecule has 0 saturated heterocycles. The van der Waals surface area contributed by atoms with Gasteiger partial charge >= 0.3 is 0 Å². The molecule has 0 atom stereocenters. The third-order valence-corrected chi connectivity index (χ3v) is 29.8. The molecule has 7 heteroatoms. The molecule has 0 unspecified atom stereocenters. The largest absolute Gasteiger partial charge is 0.541 e. The van der Waals surface area contributed by atoms with Crippen LogP contribution in [0.2, 0.25) is 54.4 Å². The highest BCUT2D eigenvalue weighted by atomic mass is 31.2. The molecule has 0 bridgehead atoms. The lowest BCUT2D eigenvalue weighted by Crippen LogP contribution is -2.43. The van der Waals surface area contributed by atoms with Crippen molar-refractivity contribution in [1.82, 2.24) is 0 Å². The predicted octanol–water partition coefficient (Wildman–Crippen LogP) is 12.3. The van der Waals surface area contributed by atoms with Gasteiger partial charge in [0.2, 0.25) is 0 Å². The van der Waals surface area contributed by atoms with Gasteiger partial charge in [-0.25, -0.2) is 0 Å². The van der Waals surface area contributed by atoms with Gasteiger partial charge in [0.1, 0.15) is 35.1 Å². The van der Waals surface area contributed by atoms with E-state index in [1.807, 2.05) is 0 Å². The second kappa shape index (κ2) is 18.2. The van der Waals surface area contributed by atoms with Crippen LogP contribution in [0.25, 0.3) is 0 Å². The van der Waals surface area contributed by atoms with Crippen molar-refractivity contribution in [1.29, 1.82) is 0 Å². The normalized spacial score (nSPS) is 12.5. The standard InChI is InChI=1S/C43H64O3PSi3/c1-10-48(11-2,12-3)44-41-35-34-37(42(45-49(13-4,14-5)15-6)43(41)46-50(16-7,17-8)18-9)36-47(38-28-22-19-23-29-38,39-30-24-20-25-31-39)40-32-26-21-27-33-40/h19-35H,10-18,36H2,1-9H3/q+1. The highest BCUT2D eigenvalue weighted by Crippen LogP contribution is 2.60. The van der Waals surface area contributed by atoms with Crippen LogP contribution in [0.3, 0.4) is 0 Å². The Kier molecular flexibility index (Phi) is 14.6. The molecule has 0 aromatic heterocycles. The van der Waals surface area contributed by atoms with Crippen LogP contribution < -0.4 is 29.2 Å². The number of hydrogen-bond donors (Lipinski definition) is 0. The van der Waals surface area contributed by atoms with E-state index < -0.39 is 32.2 Å². The zero-order chi connectivity index (χ0) is 36.3. The molecule has 0 saturated carbocycles. The van der Waals surface area contributed by atoms with Crippen molar-refractivity contribution in [3.05, 3.63) is 109 Å². The Bertz CT molecular complexity index is 1470. The summed E-state index contributed by atoms with van der Waals surface area (Å²) in [6.45, 7) is 20.9. The molecule has 4 aromatic carbocycles. The third-order valence-electron chi connectivity index (χ3n) is 11.9. The molecule has 50 heavy (non-hydrogen) atoms. The summed E-state index contributed by atoms with van der Waals surface area (Å²) in [5, 5.41) is 4.14. The van der Waals surface area contributed by atoms with Crippen LogP contribution >= 0.6 is 7.26 Å². The molecule has 4 aromatic rings. The molecule has 4 rings (SSSR count). The van der Waals surface area contributed by atoms with Gasteiger partial charge in [-0.15, -0.1) is 0 Å². The van der Waals surface area contributed by atoms with Crippen molar-refractivity contribution in [2.75, 3.05) is 0 Å². The molecular formula is C43H64O3PSi3+. The molecule has 3 nitrogen and oxygen atoms in total. The maximum atomic E-state index is 7.69. The minimum absolute atomic E-state index is 0.843. The second-order valence-electron chi connectivity index (χ2n) is 13.9. The fraction of sp³-hybridized carbons (Fsp3) is 0.442. The van der Waals surface area contributed by atoms with E-state index in [4.69, 9.17) is 13.3 Å². The lowest BCUT2D eigenvalue weighted by atomic mass is 10.2. The van der Waals surface area contributed by atoms with Gasteiger partial charge in [0.15, 0.2) is 11.5 Å². The highest BCUT2D eigenvalue weighted by molar-refractivity contribution is 7.95. The fourth-order valence-electron chi connectivity index (χ4n) is 7.59. The SMILES string of the molecule is CC[Si](CC)(CC)Oc1ccc(C[P+](c2ccccc2)(c2ccccc2)c2ccccc2)c(O[Si](CC)(CC)CC)c1O[Si](CC)(CC)CC. The predicted molar refractivity (Wildman–Crippen MR) is 229 cm³/mol. The first-order valence-electron chi connectivity index (χ1n) is 19.5. The van der Waals surface area contributed by atoms with E-state index in [0.29, 0.717) is 0 Å². The lowest BCUT2D eigenvalue weighted by molar-refractivity contribution is 0.433. The van der Waals surface area contributed by atoms with Crippen LogP contribution in [0.1, 0.15) is 67.9 Å². The number of rotatable bonds is 20. The average molecular weight is 744 g/mol. The van der Waals surface area contributed by atoms with Gasteiger partial charge in [0.05, 0.1) is 0 Å². The van der Waals surface area contributed by atoms with E-state index >= 15 is 0 Å². The van der Waals surface area contributed by atoms with Crippen molar-refractivity contribution in [2.24, 2.45) is 0 Å². The van der Waals surface area contributed by atoms with Crippen molar-refractivity contribution in [3.63, 3.8) is 0 Å². The summed E-state index contributed by atoms with van der Waals surface area (Å²) in [4.78, 5) is 0. The van der Waals surface area contributed by atoms with Crippen LogP contribution in [0, 0.1) is 0 Å².